The van der Waals surface area contributed by atoms with Crippen molar-refractivity contribution in [1.82, 2.24) is 5.32 Å². The van der Waals surface area contributed by atoms with Crippen LogP contribution in [-0.4, -0.2) is 25.5 Å². The fourth-order valence-corrected chi connectivity index (χ4v) is 3.23. The minimum absolute atomic E-state index is 0.0839. The Balaban J connectivity index is 2.04. The summed E-state index contributed by atoms with van der Waals surface area (Å²) in [5.74, 6) is 1.32. The Morgan fingerprint density at radius 1 is 1.12 bits per heavy atom. The van der Waals surface area contributed by atoms with Crippen molar-refractivity contribution in [1.29, 1.82) is 0 Å². The van der Waals surface area contributed by atoms with Crippen molar-refractivity contribution in [2.75, 3.05) is 14.2 Å². The fraction of sp³-hybridized carbons (Fsp3) is 0.286. The van der Waals surface area contributed by atoms with Crippen LogP contribution in [0.25, 0.3) is 5.70 Å². The summed E-state index contributed by atoms with van der Waals surface area (Å²) in [6.45, 7) is 4.24. The first-order valence-corrected chi connectivity index (χ1v) is 8.28. The lowest BCUT2D eigenvalue weighted by Gasteiger charge is -2.35. The molecule has 2 aromatic carbocycles. The maximum absolute atomic E-state index is 12.8. The lowest BCUT2D eigenvalue weighted by Crippen LogP contribution is -2.43. The topological polar surface area (TPSA) is 47.6 Å². The zero-order valence-electron chi connectivity index (χ0n) is 15.1. The minimum atomic E-state index is -0.147. The summed E-state index contributed by atoms with van der Waals surface area (Å²) in [5, 5.41) is 3.48. The van der Waals surface area contributed by atoms with E-state index in [4.69, 9.17) is 9.47 Å². The van der Waals surface area contributed by atoms with Gasteiger partial charge in [-0.2, -0.15) is 0 Å². The van der Waals surface area contributed by atoms with Crippen LogP contribution in [-0.2, 0) is 6.42 Å². The number of methoxy groups -OCH3 is 2. The summed E-state index contributed by atoms with van der Waals surface area (Å²) in [4.78, 5) is 12.8. The van der Waals surface area contributed by atoms with E-state index in [1.807, 2.05) is 30.3 Å². The normalized spacial score (nSPS) is 16.7. The van der Waals surface area contributed by atoms with Gasteiger partial charge in [-0.3, -0.25) is 4.79 Å². The molecule has 130 valence electrons. The molecule has 0 spiro atoms. The summed E-state index contributed by atoms with van der Waals surface area (Å²) in [6, 6.07) is 13.2. The van der Waals surface area contributed by atoms with Crippen molar-refractivity contribution < 1.29 is 14.3 Å². The lowest BCUT2D eigenvalue weighted by molar-refractivity contribution is 0.104. The molecule has 4 nitrogen and oxygen atoms in total. The quantitative estimate of drug-likeness (QED) is 0.680. The number of para-hydroxylation sites is 1. The predicted molar refractivity (Wildman–Crippen MR) is 99.2 cm³/mol. The molecule has 1 N–H and O–H groups in total. The zero-order chi connectivity index (χ0) is 18.0. The van der Waals surface area contributed by atoms with Gasteiger partial charge in [0.25, 0.3) is 0 Å². The van der Waals surface area contributed by atoms with Gasteiger partial charge in [0.15, 0.2) is 5.78 Å². The van der Waals surface area contributed by atoms with E-state index in [1.165, 1.54) is 5.56 Å². The highest BCUT2D eigenvalue weighted by Gasteiger charge is 2.28. The molecule has 0 aromatic heterocycles. The van der Waals surface area contributed by atoms with Crippen LogP contribution >= 0.6 is 0 Å². The standard InChI is InChI=1S/C21H23NO3/c1-21(2)13-14-11-15(24-3)9-10-16(14)18(22-21)12-19(23)17-7-5-6-8-20(17)25-4/h5-12,22H,13H2,1-4H3/b18-12-. The number of carbonyl (C=O) groups excluding carboxylic acids is 1. The predicted octanol–water partition coefficient (Wildman–Crippen LogP) is 3.85. The molecule has 25 heavy (non-hydrogen) atoms. The van der Waals surface area contributed by atoms with Gasteiger partial charge in [-0.05, 0) is 56.2 Å². The van der Waals surface area contributed by atoms with E-state index in [1.54, 1.807) is 32.4 Å². The summed E-state index contributed by atoms with van der Waals surface area (Å²) in [5.41, 5.74) is 3.43. The molecular weight excluding hydrogens is 314 g/mol. The first-order valence-electron chi connectivity index (χ1n) is 8.28. The van der Waals surface area contributed by atoms with Crippen LogP contribution in [0.15, 0.2) is 48.5 Å². The first-order chi connectivity index (χ1) is 11.9. The summed E-state index contributed by atoms with van der Waals surface area (Å²) >= 11 is 0. The van der Waals surface area contributed by atoms with Gasteiger partial charge in [0.2, 0.25) is 0 Å². The third-order valence-corrected chi connectivity index (χ3v) is 4.36. The molecular formula is C21H23NO3. The van der Waals surface area contributed by atoms with Crippen LogP contribution in [0.2, 0.25) is 0 Å². The first kappa shape index (κ1) is 17.1. The Morgan fingerprint density at radius 3 is 2.60 bits per heavy atom. The lowest BCUT2D eigenvalue weighted by atomic mass is 9.85. The second kappa shape index (κ2) is 6.63. The average molecular weight is 337 g/mol. The largest absolute Gasteiger partial charge is 0.497 e. The van der Waals surface area contributed by atoms with Crippen LogP contribution in [0.4, 0.5) is 0 Å². The van der Waals surface area contributed by atoms with Gasteiger partial charge in [-0.15, -0.1) is 0 Å². The number of ketones is 1. The molecule has 0 radical (unpaired) electrons. The van der Waals surface area contributed by atoms with Crippen LogP contribution in [0.3, 0.4) is 0 Å². The van der Waals surface area contributed by atoms with Gasteiger partial charge in [0, 0.05) is 22.9 Å². The molecule has 0 fully saturated rings. The molecule has 1 heterocycles. The number of fused-ring (bicyclic) bond motifs is 1. The Kier molecular flexibility index (Phi) is 4.53. The highest BCUT2D eigenvalue weighted by atomic mass is 16.5. The van der Waals surface area contributed by atoms with Crippen molar-refractivity contribution in [3.63, 3.8) is 0 Å². The third-order valence-electron chi connectivity index (χ3n) is 4.36. The molecule has 1 aliphatic heterocycles. The van der Waals surface area contributed by atoms with Gasteiger partial charge in [0.05, 0.1) is 19.8 Å². The Morgan fingerprint density at radius 2 is 1.88 bits per heavy atom. The Labute approximate surface area is 148 Å². The van der Waals surface area contributed by atoms with Crippen molar-refractivity contribution in [2.45, 2.75) is 25.8 Å². The summed E-state index contributed by atoms with van der Waals surface area (Å²) < 4.78 is 10.7. The second-order valence-electron chi connectivity index (χ2n) is 6.83. The molecule has 0 amide bonds. The van der Waals surface area contributed by atoms with E-state index in [2.05, 4.69) is 19.2 Å². The van der Waals surface area contributed by atoms with E-state index in [0.717, 1.165) is 23.4 Å². The molecule has 0 saturated carbocycles. The van der Waals surface area contributed by atoms with E-state index in [0.29, 0.717) is 11.3 Å². The third kappa shape index (κ3) is 3.53. The van der Waals surface area contributed by atoms with E-state index in [9.17, 15) is 4.79 Å². The van der Waals surface area contributed by atoms with Crippen molar-refractivity contribution >= 4 is 11.5 Å². The van der Waals surface area contributed by atoms with Crippen LogP contribution < -0.4 is 14.8 Å². The Hall–Kier alpha value is -2.75. The van der Waals surface area contributed by atoms with Gasteiger partial charge in [-0.25, -0.2) is 0 Å². The van der Waals surface area contributed by atoms with Crippen molar-refractivity contribution in [3.8, 4) is 11.5 Å². The highest BCUT2D eigenvalue weighted by Crippen LogP contribution is 2.32. The fourth-order valence-electron chi connectivity index (χ4n) is 3.23. The average Bonchev–Trinajstić information content (AvgIpc) is 2.60. The van der Waals surface area contributed by atoms with Gasteiger partial charge in [-0.1, -0.05) is 12.1 Å². The molecule has 3 rings (SSSR count). The zero-order valence-corrected chi connectivity index (χ0v) is 15.1. The molecule has 0 saturated heterocycles. The van der Waals surface area contributed by atoms with Crippen molar-refractivity contribution in [2.24, 2.45) is 0 Å². The van der Waals surface area contributed by atoms with Crippen LogP contribution in [0.1, 0.15) is 35.3 Å². The second-order valence-corrected chi connectivity index (χ2v) is 6.83. The minimum Gasteiger partial charge on any atom is -0.497 e. The summed E-state index contributed by atoms with van der Waals surface area (Å²) in [7, 11) is 3.23. The van der Waals surface area contributed by atoms with Crippen LogP contribution in [0.5, 0.6) is 11.5 Å². The van der Waals surface area contributed by atoms with E-state index < -0.39 is 0 Å². The molecule has 2 aromatic rings. The van der Waals surface area contributed by atoms with E-state index >= 15 is 0 Å². The number of rotatable bonds is 4. The number of ether oxygens (including phenoxy) is 2. The van der Waals surface area contributed by atoms with Gasteiger partial charge in [0.1, 0.15) is 11.5 Å². The van der Waals surface area contributed by atoms with Gasteiger partial charge >= 0.3 is 0 Å². The van der Waals surface area contributed by atoms with Gasteiger partial charge < -0.3 is 14.8 Å². The molecule has 0 aliphatic carbocycles. The number of nitrogens with one attached hydrogen (secondary N) is 1. The maximum atomic E-state index is 12.8. The number of hydrogen-bond donors (Lipinski definition) is 1. The number of allylic oxidation sites excluding steroid dienone is 1. The summed E-state index contributed by atoms with van der Waals surface area (Å²) in [6.07, 6.45) is 2.52. The number of benzene rings is 2. The maximum Gasteiger partial charge on any atom is 0.191 e. The SMILES string of the molecule is COc1ccc2c(c1)CC(C)(C)N/C2=C\C(=O)c1ccccc1OC. The van der Waals surface area contributed by atoms with E-state index in [-0.39, 0.29) is 11.3 Å². The smallest absolute Gasteiger partial charge is 0.191 e. The monoisotopic (exact) mass is 337 g/mol. The number of carbonyl (C=O) groups is 1. The van der Waals surface area contributed by atoms with Crippen LogP contribution in [0, 0.1) is 0 Å². The van der Waals surface area contributed by atoms with Crippen molar-refractivity contribution in [3.05, 3.63) is 65.2 Å². The number of hydrogen-bond acceptors (Lipinski definition) is 4. The molecule has 0 atom stereocenters. The highest BCUT2D eigenvalue weighted by molar-refractivity contribution is 6.10. The molecule has 0 bridgehead atoms. The Bertz CT molecular complexity index is 837. The molecule has 0 unspecified atom stereocenters. The molecule has 1 aliphatic rings. The molecule has 4 heteroatoms.